The van der Waals surface area contributed by atoms with E-state index in [4.69, 9.17) is 4.74 Å². The van der Waals surface area contributed by atoms with Gasteiger partial charge in [-0.25, -0.2) is 4.39 Å². The van der Waals surface area contributed by atoms with Gasteiger partial charge in [0, 0.05) is 17.8 Å². The van der Waals surface area contributed by atoms with Crippen LogP contribution in [0.4, 0.5) is 4.39 Å². The van der Waals surface area contributed by atoms with Crippen molar-refractivity contribution >= 4 is 0 Å². The fourth-order valence-electron chi connectivity index (χ4n) is 1.91. The summed E-state index contributed by atoms with van der Waals surface area (Å²) in [5.74, 6) is 0.169. The lowest BCUT2D eigenvalue weighted by molar-refractivity contribution is 0.425. The third kappa shape index (κ3) is 3.57. The van der Waals surface area contributed by atoms with Crippen molar-refractivity contribution in [2.24, 2.45) is 0 Å². The van der Waals surface area contributed by atoms with Gasteiger partial charge in [0.1, 0.15) is 0 Å². The molecule has 1 heterocycles. The monoisotopic (exact) mass is 277 g/mol. The molecule has 2 N–H and O–H groups in total. The second-order valence-electron chi connectivity index (χ2n) is 4.86. The molecule has 0 saturated heterocycles. The maximum absolute atomic E-state index is 14.0. The van der Waals surface area contributed by atoms with E-state index in [-0.39, 0.29) is 17.6 Å². The Morgan fingerprint density at radius 2 is 2.20 bits per heavy atom. The number of H-pyrrole nitrogens is 1. The average molecular weight is 277 g/mol. The standard InChI is InChI=1S/C15H20FN3O/c1-4-7-17-11(3)12-5-6-14(13(16)9-12)20-15-8-10(2)18-19-15/h5-6,8-9,11,17H,4,7H2,1-3H3,(H,18,19). The van der Waals surface area contributed by atoms with E-state index in [9.17, 15) is 4.39 Å². The molecule has 1 aromatic heterocycles. The lowest BCUT2D eigenvalue weighted by Crippen LogP contribution is -2.19. The Bertz CT molecular complexity index is 568. The molecule has 0 amide bonds. The van der Waals surface area contributed by atoms with Crippen molar-refractivity contribution in [1.82, 2.24) is 15.5 Å². The third-order valence-corrected chi connectivity index (χ3v) is 3.05. The molecule has 108 valence electrons. The molecule has 1 unspecified atom stereocenters. The van der Waals surface area contributed by atoms with Gasteiger partial charge in [-0.05, 0) is 44.5 Å². The van der Waals surface area contributed by atoms with Gasteiger partial charge in [0.2, 0.25) is 5.88 Å². The largest absolute Gasteiger partial charge is 0.434 e. The van der Waals surface area contributed by atoms with E-state index in [1.807, 2.05) is 19.9 Å². The van der Waals surface area contributed by atoms with Crippen LogP contribution in [0.3, 0.4) is 0 Å². The second-order valence-corrected chi connectivity index (χ2v) is 4.86. The Kier molecular flexibility index (Phi) is 4.74. The second kappa shape index (κ2) is 6.52. The molecule has 0 radical (unpaired) electrons. The normalized spacial score (nSPS) is 12.4. The van der Waals surface area contributed by atoms with Gasteiger partial charge in [-0.3, -0.25) is 5.10 Å². The third-order valence-electron chi connectivity index (χ3n) is 3.05. The summed E-state index contributed by atoms with van der Waals surface area (Å²) in [6.07, 6.45) is 1.05. The van der Waals surface area contributed by atoms with Gasteiger partial charge in [0.15, 0.2) is 11.6 Å². The first-order valence-corrected chi connectivity index (χ1v) is 6.83. The molecule has 4 nitrogen and oxygen atoms in total. The van der Waals surface area contributed by atoms with Gasteiger partial charge in [-0.2, -0.15) is 0 Å². The summed E-state index contributed by atoms with van der Waals surface area (Å²) in [6.45, 7) is 6.89. The smallest absolute Gasteiger partial charge is 0.238 e. The number of halogens is 1. The number of nitrogens with zero attached hydrogens (tertiary/aromatic N) is 1. The van der Waals surface area contributed by atoms with E-state index in [1.54, 1.807) is 12.1 Å². The minimum absolute atomic E-state index is 0.117. The molecule has 0 aliphatic carbocycles. The molecule has 0 aliphatic rings. The average Bonchev–Trinajstić information content (AvgIpc) is 2.83. The van der Waals surface area contributed by atoms with Gasteiger partial charge in [-0.15, -0.1) is 5.10 Å². The van der Waals surface area contributed by atoms with Crippen LogP contribution in [0.25, 0.3) is 0 Å². The van der Waals surface area contributed by atoms with Crippen molar-refractivity contribution in [2.45, 2.75) is 33.2 Å². The van der Waals surface area contributed by atoms with Crippen LogP contribution >= 0.6 is 0 Å². The number of aromatic nitrogens is 2. The number of nitrogens with one attached hydrogen (secondary N) is 2. The number of hydrogen-bond acceptors (Lipinski definition) is 3. The van der Waals surface area contributed by atoms with Crippen LogP contribution in [-0.4, -0.2) is 16.7 Å². The van der Waals surface area contributed by atoms with E-state index in [1.165, 1.54) is 6.07 Å². The summed E-state index contributed by atoms with van der Waals surface area (Å²) < 4.78 is 19.4. The number of ether oxygens (including phenoxy) is 1. The Morgan fingerprint density at radius 3 is 2.80 bits per heavy atom. The van der Waals surface area contributed by atoms with E-state index < -0.39 is 0 Å². The summed E-state index contributed by atoms with van der Waals surface area (Å²) in [7, 11) is 0. The number of aromatic amines is 1. The molecule has 20 heavy (non-hydrogen) atoms. The van der Waals surface area contributed by atoms with Gasteiger partial charge < -0.3 is 10.1 Å². The summed E-state index contributed by atoms with van der Waals surface area (Å²) in [5, 5.41) is 10.0. The Labute approximate surface area is 118 Å². The van der Waals surface area contributed by atoms with Crippen LogP contribution in [0.2, 0.25) is 0 Å². The molecular formula is C15H20FN3O. The van der Waals surface area contributed by atoms with Crippen molar-refractivity contribution in [1.29, 1.82) is 0 Å². The van der Waals surface area contributed by atoms with Gasteiger partial charge in [-0.1, -0.05) is 13.0 Å². The van der Waals surface area contributed by atoms with Gasteiger partial charge in [0.25, 0.3) is 0 Å². The summed E-state index contributed by atoms with van der Waals surface area (Å²) in [5.41, 5.74) is 1.77. The highest BCUT2D eigenvalue weighted by atomic mass is 19.1. The number of aryl methyl sites for hydroxylation is 1. The molecule has 5 heteroatoms. The molecule has 2 rings (SSSR count). The van der Waals surface area contributed by atoms with Crippen molar-refractivity contribution in [3.05, 3.63) is 41.3 Å². The van der Waals surface area contributed by atoms with Crippen LogP contribution < -0.4 is 10.1 Å². The fraction of sp³-hybridized carbons (Fsp3) is 0.400. The lowest BCUT2D eigenvalue weighted by Gasteiger charge is -2.14. The minimum Gasteiger partial charge on any atom is -0.434 e. The predicted octanol–water partition coefficient (Wildman–Crippen LogP) is 3.71. The number of benzene rings is 1. The van der Waals surface area contributed by atoms with Crippen LogP contribution in [0.15, 0.2) is 24.3 Å². The van der Waals surface area contributed by atoms with Crippen molar-refractivity contribution in [2.75, 3.05) is 6.54 Å². The zero-order chi connectivity index (χ0) is 14.5. The zero-order valence-corrected chi connectivity index (χ0v) is 12.0. The predicted molar refractivity (Wildman–Crippen MR) is 76.5 cm³/mol. The van der Waals surface area contributed by atoms with E-state index >= 15 is 0 Å². The molecule has 0 spiro atoms. The fourth-order valence-corrected chi connectivity index (χ4v) is 1.91. The SMILES string of the molecule is CCCNC(C)c1ccc(Oc2cc(C)[nH]n2)c(F)c1. The Hall–Kier alpha value is -1.88. The maximum atomic E-state index is 14.0. The molecule has 2 aromatic rings. The van der Waals surface area contributed by atoms with Crippen LogP contribution in [0.1, 0.15) is 37.6 Å². The van der Waals surface area contributed by atoms with Crippen LogP contribution in [-0.2, 0) is 0 Å². The van der Waals surface area contributed by atoms with E-state index in [0.717, 1.165) is 24.2 Å². The van der Waals surface area contributed by atoms with Crippen molar-refractivity contribution in [3.63, 3.8) is 0 Å². The molecule has 0 saturated carbocycles. The molecule has 0 fully saturated rings. The van der Waals surface area contributed by atoms with Crippen LogP contribution in [0.5, 0.6) is 11.6 Å². The molecule has 1 atom stereocenters. The first kappa shape index (κ1) is 14.5. The molecule has 0 bridgehead atoms. The summed E-state index contributed by atoms with van der Waals surface area (Å²) in [4.78, 5) is 0. The molecule has 1 aromatic carbocycles. The maximum Gasteiger partial charge on any atom is 0.238 e. The quantitative estimate of drug-likeness (QED) is 0.846. The zero-order valence-electron chi connectivity index (χ0n) is 12.0. The highest BCUT2D eigenvalue weighted by molar-refractivity contribution is 5.33. The lowest BCUT2D eigenvalue weighted by atomic mass is 10.1. The highest BCUT2D eigenvalue weighted by Gasteiger charge is 2.11. The topological polar surface area (TPSA) is 49.9 Å². The van der Waals surface area contributed by atoms with Crippen molar-refractivity contribution in [3.8, 4) is 11.6 Å². The van der Waals surface area contributed by atoms with E-state index in [2.05, 4.69) is 22.4 Å². The van der Waals surface area contributed by atoms with Crippen molar-refractivity contribution < 1.29 is 9.13 Å². The molecule has 0 aliphatic heterocycles. The van der Waals surface area contributed by atoms with Gasteiger partial charge >= 0.3 is 0 Å². The molecular weight excluding hydrogens is 257 g/mol. The van der Waals surface area contributed by atoms with E-state index in [0.29, 0.717) is 5.88 Å². The summed E-state index contributed by atoms with van der Waals surface area (Å²) >= 11 is 0. The highest BCUT2D eigenvalue weighted by Crippen LogP contribution is 2.26. The Balaban J connectivity index is 2.09. The van der Waals surface area contributed by atoms with Crippen LogP contribution in [0, 0.1) is 12.7 Å². The summed E-state index contributed by atoms with van der Waals surface area (Å²) in [6, 6.07) is 6.84. The Morgan fingerprint density at radius 1 is 1.40 bits per heavy atom. The number of rotatable bonds is 6. The number of hydrogen-bond donors (Lipinski definition) is 2. The van der Waals surface area contributed by atoms with Gasteiger partial charge in [0.05, 0.1) is 0 Å². The first-order chi connectivity index (χ1) is 9.60. The minimum atomic E-state index is -0.381. The first-order valence-electron chi connectivity index (χ1n) is 6.83.